The Morgan fingerprint density at radius 2 is 2.06 bits per heavy atom. The van der Waals surface area contributed by atoms with E-state index in [4.69, 9.17) is 12.2 Å². The molecule has 1 aliphatic heterocycles. The summed E-state index contributed by atoms with van der Waals surface area (Å²) in [6.07, 6.45) is 4.79. The topological polar surface area (TPSA) is 29.5 Å². The summed E-state index contributed by atoms with van der Waals surface area (Å²) in [4.78, 5) is 14.5. The van der Waals surface area contributed by atoms with Crippen molar-refractivity contribution in [3.8, 4) is 0 Å². The van der Waals surface area contributed by atoms with Crippen molar-refractivity contribution in [3.63, 3.8) is 0 Å². The molecular formula is C12H21NO2S. The van der Waals surface area contributed by atoms with E-state index in [1.54, 1.807) is 0 Å². The SMILES string of the molecule is CCCC(=S)N1CCC(CC(=O)OC)CC1. The predicted octanol–water partition coefficient (Wildman–Crippen LogP) is 2.39. The molecule has 0 bridgehead atoms. The molecule has 1 fully saturated rings. The largest absolute Gasteiger partial charge is 0.469 e. The van der Waals surface area contributed by atoms with Crippen LogP contribution in [0.15, 0.2) is 0 Å². The van der Waals surface area contributed by atoms with Gasteiger partial charge in [0.15, 0.2) is 0 Å². The Balaban J connectivity index is 2.28. The lowest BCUT2D eigenvalue weighted by Gasteiger charge is -2.33. The number of nitrogens with zero attached hydrogens (tertiary/aromatic N) is 1. The highest BCUT2D eigenvalue weighted by atomic mass is 32.1. The third-order valence-electron chi connectivity index (χ3n) is 3.11. The van der Waals surface area contributed by atoms with E-state index in [1.165, 1.54) is 7.11 Å². The summed E-state index contributed by atoms with van der Waals surface area (Å²) in [6, 6.07) is 0. The Morgan fingerprint density at radius 3 is 2.56 bits per heavy atom. The number of rotatable bonds is 4. The van der Waals surface area contributed by atoms with Crippen LogP contribution in [-0.2, 0) is 9.53 Å². The molecule has 1 saturated heterocycles. The van der Waals surface area contributed by atoms with E-state index in [-0.39, 0.29) is 5.97 Å². The molecule has 92 valence electrons. The van der Waals surface area contributed by atoms with Crippen LogP contribution < -0.4 is 0 Å². The minimum atomic E-state index is -0.0883. The molecule has 1 rings (SSSR count). The van der Waals surface area contributed by atoms with Crippen molar-refractivity contribution in [1.82, 2.24) is 4.90 Å². The van der Waals surface area contributed by atoms with Crippen molar-refractivity contribution in [2.24, 2.45) is 5.92 Å². The van der Waals surface area contributed by atoms with Gasteiger partial charge >= 0.3 is 5.97 Å². The fraction of sp³-hybridized carbons (Fsp3) is 0.833. The lowest BCUT2D eigenvalue weighted by Crippen LogP contribution is -2.37. The molecule has 3 nitrogen and oxygen atoms in total. The minimum Gasteiger partial charge on any atom is -0.469 e. The summed E-state index contributed by atoms with van der Waals surface area (Å²) in [5.41, 5.74) is 0. The molecule has 0 aromatic heterocycles. The summed E-state index contributed by atoms with van der Waals surface area (Å²) in [5, 5.41) is 0. The summed E-state index contributed by atoms with van der Waals surface area (Å²) in [7, 11) is 1.45. The first kappa shape index (κ1) is 13.4. The normalized spacial score (nSPS) is 17.2. The zero-order valence-corrected chi connectivity index (χ0v) is 11.0. The van der Waals surface area contributed by atoms with Crippen LogP contribution in [0.4, 0.5) is 0 Å². The van der Waals surface area contributed by atoms with Crippen LogP contribution in [0, 0.1) is 5.92 Å². The van der Waals surface area contributed by atoms with E-state index in [1.807, 2.05) is 0 Å². The highest BCUT2D eigenvalue weighted by molar-refractivity contribution is 7.80. The highest BCUT2D eigenvalue weighted by Gasteiger charge is 2.22. The fourth-order valence-electron chi connectivity index (χ4n) is 2.08. The smallest absolute Gasteiger partial charge is 0.305 e. The van der Waals surface area contributed by atoms with Crippen molar-refractivity contribution in [1.29, 1.82) is 0 Å². The molecule has 0 aliphatic carbocycles. The van der Waals surface area contributed by atoms with Gasteiger partial charge in [0.1, 0.15) is 0 Å². The Bertz CT molecular complexity index is 247. The second-order valence-corrected chi connectivity index (χ2v) is 4.83. The molecule has 0 saturated carbocycles. The first-order valence-electron chi connectivity index (χ1n) is 6.02. The van der Waals surface area contributed by atoms with Crippen LogP contribution in [0.5, 0.6) is 0 Å². The van der Waals surface area contributed by atoms with Crippen molar-refractivity contribution >= 4 is 23.2 Å². The van der Waals surface area contributed by atoms with Gasteiger partial charge in [0.05, 0.1) is 12.1 Å². The number of carbonyl (C=O) groups is 1. The average Bonchev–Trinajstić information content (AvgIpc) is 2.30. The van der Waals surface area contributed by atoms with Gasteiger partial charge in [-0.3, -0.25) is 4.79 Å². The summed E-state index contributed by atoms with van der Waals surface area (Å²) < 4.78 is 4.69. The molecule has 0 radical (unpaired) electrons. The summed E-state index contributed by atoms with van der Waals surface area (Å²) in [6.45, 7) is 4.15. The van der Waals surface area contributed by atoms with Gasteiger partial charge in [-0.2, -0.15) is 0 Å². The molecule has 0 atom stereocenters. The maximum atomic E-state index is 11.1. The molecule has 0 spiro atoms. The maximum Gasteiger partial charge on any atom is 0.305 e. The summed E-state index contributed by atoms with van der Waals surface area (Å²) >= 11 is 5.36. The molecule has 4 heteroatoms. The van der Waals surface area contributed by atoms with Gasteiger partial charge in [-0.05, 0) is 31.6 Å². The third kappa shape index (κ3) is 4.08. The van der Waals surface area contributed by atoms with E-state index in [2.05, 4.69) is 16.6 Å². The van der Waals surface area contributed by atoms with Gasteiger partial charge in [0.2, 0.25) is 0 Å². The van der Waals surface area contributed by atoms with Gasteiger partial charge in [-0.1, -0.05) is 19.1 Å². The highest BCUT2D eigenvalue weighted by Crippen LogP contribution is 2.21. The van der Waals surface area contributed by atoms with Crippen LogP contribution in [-0.4, -0.2) is 36.1 Å². The average molecular weight is 243 g/mol. The summed E-state index contributed by atoms with van der Waals surface area (Å²) in [5.74, 6) is 0.391. The molecule has 0 amide bonds. The number of hydrogen-bond acceptors (Lipinski definition) is 3. The zero-order valence-electron chi connectivity index (χ0n) is 10.2. The van der Waals surface area contributed by atoms with Gasteiger partial charge in [-0.15, -0.1) is 0 Å². The van der Waals surface area contributed by atoms with Crippen LogP contribution in [0.2, 0.25) is 0 Å². The molecule has 0 aromatic rings. The second-order valence-electron chi connectivity index (χ2n) is 4.35. The predicted molar refractivity (Wildman–Crippen MR) is 68.4 cm³/mol. The number of hydrogen-bond donors (Lipinski definition) is 0. The van der Waals surface area contributed by atoms with Gasteiger partial charge in [-0.25, -0.2) is 0 Å². The number of methoxy groups -OCH3 is 1. The maximum absolute atomic E-state index is 11.1. The molecule has 1 heterocycles. The Labute approximate surface area is 103 Å². The van der Waals surface area contributed by atoms with E-state index in [0.29, 0.717) is 12.3 Å². The number of likely N-dealkylation sites (tertiary alicyclic amines) is 1. The number of carbonyl (C=O) groups excluding carboxylic acids is 1. The molecule has 1 aliphatic rings. The first-order chi connectivity index (χ1) is 7.67. The number of ether oxygens (including phenoxy) is 1. The quantitative estimate of drug-likeness (QED) is 0.560. The standard InChI is InChI=1S/C12H21NO2S/c1-3-4-11(16)13-7-5-10(6-8-13)9-12(14)15-2/h10H,3-9H2,1-2H3. The van der Waals surface area contributed by atoms with E-state index in [9.17, 15) is 4.79 Å². The van der Waals surface area contributed by atoms with E-state index >= 15 is 0 Å². The van der Waals surface area contributed by atoms with Crippen molar-refractivity contribution < 1.29 is 9.53 Å². The van der Waals surface area contributed by atoms with Gasteiger partial charge < -0.3 is 9.64 Å². The Hall–Kier alpha value is -0.640. The molecule has 16 heavy (non-hydrogen) atoms. The Morgan fingerprint density at radius 1 is 1.44 bits per heavy atom. The number of esters is 1. The minimum absolute atomic E-state index is 0.0883. The lowest BCUT2D eigenvalue weighted by atomic mass is 9.93. The molecular weight excluding hydrogens is 222 g/mol. The number of thiocarbonyl (C=S) groups is 1. The second kappa shape index (κ2) is 6.84. The zero-order chi connectivity index (χ0) is 12.0. The van der Waals surface area contributed by atoms with E-state index < -0.39 is 0 Å². The number of piperidine rings is 1. The monoisotopic (exact) mass is 243 g/mol. The molecule has 0 unspecified atom stereocenters. The first-order valence-corrected chi connectivity index (χ1v) is 6.42. The lowest BCUT2D eigenvalue weighted by molar-refractivity contribution is -0.142. The molecule has 0 N–H and O–H groups in total. The van der Waals surface area contributed by atoms with Gasteiger partial charge in [0, 0.05) is 19.5 Å². The fourth-order valence-corrected chi connectivity index (χ4v) is 2.46. The van der Waals surface area contributed by atoms with Gasteiger partial charge in [0.25, 0.3) is 0 Å². The van der Waals surface area contributed by atoms with Crippen molar-refractivity contribution in [2.45, 2.75) is 39.0 Å². The third-order valence-corrected chi connectivity index (χ3v) is 3.58. The van der Waals surface area contributed by atoms with Crippen molar-refractivity contribution in [3.05, 3.63) is 0 Å². The molecule has 0 aromatic carbocycles. The van der Waals surface area contributed by atoms with Crippen LogP contribution in [0.25, 0.3) is 0 Å². The Kier molecular flexibility index (Phi) is 5.74. The van der Waals surface area contributed by atoms with E-state index in [0.717, 1.165) is 43.8 Å². The van der Waals surface area contributed by atoms with Crippen molar-refractivity contribution in [2.75, 3.05) is 20.2 Å². The van der Waals surface area contributed by atoms with Crippen LogP contribution in [0.3, 0.4) is 0 Å². The van der Waals surface area contributed by atoms with Crippen LogP contribution >= 0.6 is 12.2 Å². The van der Waals surface area contributed by atoms with Crippen LogP contribution in [0.1, 0.15) is 39.0 Å².